The van der Waals surface area contributed by atoms with E-state index in [-0.39, 0.29) is 60.3 Å². The molecule has 0 aromatic heterocycles. The van der Waals surface area contributed by atoms with Crippen LogP contribution >= 0.6 is 11.6 Å². The van der Waals surface area contributed by atoms with Crippen LogP contribution in [0.2, 0.25) is 5.02 Å². The summed E-state index contributed by atoms with van der Waals surface area (Å²) in [5.41, 5.74) is 1.35. The van der Waals surface area contributed by atoms with Gasteiger partial charge in [0, 0.05) is 32.2 Å². The molecule has 9 nitrogen and oxygen atoms in total. The minimum absolute atomic E-state index is 0.0164. The molecule has 0 bridgehead atoms. The number of halogens is 1. The molecule has 2 aromatic rings. The first-order valence-electron chi connectivity index (χ1n) is 10.4. The van der Waals surface area contributed by atoms with Gasteiger partial charge in [0.2, 0.25) is 10.0 Å². The highest BCUT2D eigenvalue weighted by Gasteiger charge is 2.34. The number of carbonyl (C=O) groups is 2. The highest BCUT2D eigenvalue weighted by atomic mass is 35.5. The highest BCUT2D eigenvalue weighted by Crippen LogP contribution is 2.38. The SMILES string of the molecule is Cc1cccc(OCC(=O)N2CCN(S(=O)(=O)c3cc4c(cc3Cl)NC(=O)[C@H](C)O4)CC2)c1. The van der Waals surface area contributed by atoms with Crippen LogP contribution < -0.4 is 14.8 Å². The highest BCUT2D eigenvalue weighted by molar-refractivity contribution is 7.89. The average Bonchev–Trinajstić information content (AvgIpc) is 2.78. The first-order valence-corrected chi connectivity index (χ1v) is 12.3. The molecule has 0 unspecified atom stereocenters. The van der Waals surface area contributed by atoms with Gasteiger partial charge in [0.05, 0.1) is 10.7 Å². The van der Waals surface area contributed by atoms with E-state index in [0.29, 0.717) is 11.4 Å². The van der Waals surface area contributed by atoms with Crippen molar-refractivity contribution in [2.24, 2.45) is 0 Å². The predicted molar refractivity (Wildman–Crippen MR) is 122 cm³/mol. The molecule has 2 aliphatic heterocycles. The van der Waals surface area contributed by atoms with E-state index in [0.717, 1.165) is 5.56 Å². The molecular formula is C22H24ClN3O6S. The molecule has 0 radical (unpaired) electrons. The number of hydrogen-bond acceptors (Lipinski definition) is 6. The van der Waals surface area contributed by atoms with E-state index < -0.39 is 16.1 Å². The van der Waals surface area contributed by atoms with Crippen LogP contribution in [0.25, 0.3) is 0 Å². The zero-order valence-corrected chi connectivity index (χ0v) is 19.8. The number of rotatable bonds is 5. The number of ether oxygens (including phenoxy) is 2. The lowest BCUT2D eigenvalue weighted by molar-refractivity contribution is -0.134. The van der Waals surface area contributed by atoms with E-state index >= 15 is 0 Å². The van der Waals surface area contributed by atoms with Crippen LogP contribution in [0.1, 0.15) is 12.5 Å². The van der Waals surface area contributed by atoms with Gasteiger partial charge in [0.25, 0.3) is 11.8 Å². The fourth-order valence-corrected chi connectivity index (χ4v) is 5.60. The van der Waals surface area contributed by atoms with E-state index in [4.69, 9.17) is 21.1 Å². The van der Waals surface area contributed by atoms with Gasteiger partial charge in [-0.2, -0.15) is 4.31 Å². The van der Waals surface area contributed by atoms with Gasteiger partial charge >= 0.3 is 0 Å². The Morgan fingerprint density at radius 3 is 2.64 bits per heavy atom. The van der Waals surface area contributed by atoms with Crippen LogP contribution in [-0.2, 0) is 19.6 Å². The number of benzene rings is 2. The molecule has 1 N–H and O–H groups in total. The maximum atomic E-state index is 13.2. The zero-order chi connectivity index (χ0) is 23.8. The van der Waals surface area contributed by atoms with Crippen LogP contribution in [0.15, 0.2) is 41.3 Å². The maximum Gasteiger partial charge on any atom is 0.265 e. The van der Waals surface area contributed by atoms with Gasteiger partial charge in [-0.3, -0.25) is 9.59 Å². The standard InChI is InChI=1S/C22H24ClN3O6S/c1-14-4-3-5-16(10-14)31-13-21(27)25-6-8-26(9-7-25)33(29,30)20-12-19-18(11-17(20)23)24-22(28)15(2)32-19/h3-5,10-12,15H,6-9,13H2,1-2H3,(H,24,28)/t15-/m0/s1. The third kappa shape index (κ3) is 4.92. The smallest absolute Gasteiger partial charge is 0.265 e. The summed E-state index contributed by atoms with van der Waals surface area (Å²) >= 11 is 6.24. The lowest BCUT2D eigenvalue weighted by Crippen LogP contribution is -2.51. The molecule has 1 fully saturated rings. The summed E-state index contributed by atoms with van der Waals surface area (Å²) in [6.07, 6.45) is -0.745. The van der Waals surface area contributed by atoms with Gasteiger partial charge in [-0.1, -0.05) is 23.7 Å². The molecule has 2 heterocycles. The third-order valence-electron chi connectivity index (χ3n) is 5.53. The number of nitrogens with one attached hydrogen (secondary N) is 1. The fraction of sp³-hybridized carbons (Fsp3) is 0.364. The van der Waals surface area contributed by atoms with Gasteiger partial charge in [-0.05, 0) is 37.6 Å². The maximum absolute atomic E-state index is 13.2. The quantitative estimate of drug-likeness (QED) is 0.685. The van der Waals surface area contributed by atoms with Crippen LogP contribution in [0.3, 0.4) is 0 Å². The van der Waals surface area contributed by atoms with Crippen molar-refractivity contribution in [1.29, 1.82) is 0 Å². The molecule has 0 saturated carbocycles. The summed E-state index contributed by atoms with van der Waals surface area (Å²) in [5, 5.41) is 2.62. The Balaban J connectivity index is 1.40. The first kappa shape index (κ1) is 23.3. The largest absolute Gasteiger partial charge is 0.484 e. The minimum atomic E-state index is -3.93. The summed E-state index contributed by atoms with van der Waals surface area (Å²) < 4.78 is 38.8. The Morgan fingerprint density at radius 1 is 1.21 bits per heavy atom. The number of piperazine rings is 1. The molecule has 0 aliphatic carbocycles. The van der Waals surface area contributed by atoms with Crippen molar-refractivity contribution in [3.05, 3.63) is 47.0 Å². The van der Waals surface area contributed by atoms with E-state index in [1.54, 1.807) is 17.9 Å². The summed E-state index contributed by atoms with van der Waals surface area (Å²) in [7, 11) is -3.93. The molecule has 2 amide bonds. The molecular weight excluding hydrogens is 470 g/mol. The summed E-state index contributed by atoms with van der Waals surface area (Å²) in [4.78, 5) is 25.8. The van der Waals surface area contributed by atoms with Crippen molar-refractivity contribution in [3.63, 3.8) is 0 Å². The molecule has 1 atom stereocenters. The van der Waals surface area contributed by atoms with E-state index in [2.05, 4.69) is 5.32 Å². The second kappa shape index (κ2) is 9.20. The fourth-order valence-electron chi connectivity index (χ4n) is 3.66. The number of nitrogens with zero attached hydrogens (tertiary/aromatic N) is 2. The monoisotopic (exact) mass is 493 g/mol. The van der Waals surface area contributed by atoms with Crippen LogP contribution in [-0.4, -0.2) is 68.3 Å². The summed E-state index contributed by atoms with van der Waals surface area (Å²) in [5.74, 6) is 0.311. The number of fused-ring (bicyclic) bond motifs is 1. The normalized spacial score (nSPS) is 18.8. The zero-order valence-electron chi connectivity index (χ0n) is 18.2. The second-order valence-electron chi connectivity index (χ2n) is 7.92. The van der Waals surface area contributed by atoms with Gasteiger partial charge in [-0.25, -0.2) is 8.42 Å². The third-order valence-corrected chi connectivity index (χ3v) is 7.89. The van der Waals surface area contributed by atoms with Crippen LogP contribution in [0, 0.1) is 6.92 Å². The molecule has 0 spiro atoms. The van der Waals surface area contributed by atoms with Gasteiger partial charge < -0.3 is 19.7 Å². The number of aryl methyl sites for hydroxylation is 1. The molecule has 33 heavy (non-hydrogen) atoms. The number of anilines is 1. The summed E-state index contributed by atoms with van der Waals surface area (Å²) in [6.45, 7) is 4.11. The van der Waals surface area contributed by atoms with Crippen molar-refractivity contribution < 1.29 is 27.5 Å². The molecule has 11 heteroatoms. The Hall–Kier alpha value is -2.82. The summed E-state index contributed by atoms with van der Waals surface area (Å²) in [6, 6.07) is 10.1. The Morgan fingerprint density at radius 2 is 1.94 bits per heavy atom. The second-order valence-corrected chi connectivity index (χ2v) is 10.2. The van der Waals surface area contributed by atoms with Crippen molar-refractivity contribution in [3.8, 4) is 11.5 Å². The van der Waals surface area contributed by atoms with E-state index in [1.807, 2.05) is 25.1 Å². The van der Waals surface area contributed by atoms with Gasteiger partial charge in [0.1, 0.15) is 16.4 Å². The lowest BCUT2D eigenvalue weighted by atomic mass is 10.2. The van der Waals surface area contributed by atoms with Crippen molar-refractivity contribution in [2.75, 3.05) is 38.1 Å². The molecule has 2 aliphatic rings. The first-order chi connectivity index (χ1) is 15.6. The number of carbonyl (C=O) groups excluding carboxylic acids is 2. The van der Waals surface area contributed by atoms with Crippen molar-refractivity contribution in [1.82, 2.24) is 9.21 Å². The van der Waals surface area contributed by atoms with E-state index in [1.165, 1.54) is 16.4 Å². The molecule has 2 aromatic carbocycles. The van der Waals surface area contributed by atoms with Gasteiger partial charge in [-0.15, -0.1) is 0 Å². The topological polar surface area (TPSA) is 105 Å². The lowest BCUT2D eigenvalue weighted by Gasteiger charge is -2.34. The number of amides is 2. The average molecular weight is 494 g/mol. The minimum Gasteiger partial charge on any atom is -0.484 e. The molecule has 1 saturated heterocycles. The Kier molecular flexibility index (Phi) is 6.51. The number of hydrogen-bond donors (Lipinski definition) is 1. The molecule has 176 valence electrons. The Bertz CT molecular complexity index is 1190. The Labute approximate surface area is 197 Å². The van der Waals surface area contributed by atoms with Gasteiger partial charge in [0.15, 0.2) is 12.7 Å². The number of sulfonamides is 1. The molecule has 4 rings (SSSR count). The van der Waals surface area contributed by atoms with Crippen LogP contribution in [0.4, 0.5) is 5.69 Å². The predicted octanol–water partition coefficient (Wildman–Crippen LogP) is 2.28. The van der Waals surface area contributed by atoms with Crippen molar-refractivity contribution >= 4 is 39.1 Å². The van der Waals surface area contributed by atoms with E-state index in [9.17, 15) is 18.0 Å². The van der Waals surface area contributed by atoms with Crippen LogP contribution in [0.5, 0.6) is 11.5 Å². The van der Waals surface area contributed by atoms with Crippen molar-refractivity contribution in [2.45, 2.75) is 24.8 Å².